The topological polar surface area (TPSA) is 58.5 Å². The molecule has 0 spiro atoms. The molecule has 3 rings (SSSR count). The van der Waals surface area contributed by atoms with Crippen LogP contribution < -0.4 is 5.32 Å². The third kappa shape index (κ3) is 2.13. The van der Waals surface area contributed by atoms with Crippen LogP contribution in [0.2, 0.25) is 0 Å². The molecule has 0 unspecified atom stereocenters. The van der Waals surface area contributed by atoms with Gasteiger partial charge in [0.05, 0.1) is 17.2 Å². The van der Waals surface area contributed by atoms with E-state index in [1.807, 2.05) is 35.1 Å². The van der Waals surface area contributed by atoms with Gasteiger partial charge < -0.3 is 10.3 Å². The minimum Gasteiger partial charge on any atom is -0.322 e. The van der Waals surface area contributed by atoms with E-state index in [2.05, 4.69) is 34.2 Å². The monoisotopic (exact) mass is 255 g/mol. The minimum atomic E-state index is 0.765. The number of imidazole rings is 1. The summed E-state index contributed by atoms with van der Waals surface area (Å²) < 4.78 is 1.85. The van der Waals surface area contributed by atoms with E-state index < -0.39 is 0 Å². The van der Waals surface area contributed by atoms with Gasteiger partial charge in [-0.25, -0.2) is 9.67 Å². The first-order valence-corrected chi connectivity index (χ1v) is 6.49. The maximum atomic E-state index is 4.56. The standard InChI is InChI=1S/C14H17N5/c1-3-15-8-11-9-16-19(10(11)2)14-17-12-6-4-5-7-13(12)18-14/h4-7,9,15H,3,8H2,1-2H3,(H,17,18). The molecule has 1 aromatic carbocycles. The van der Waals surface area contributed by atoms with Crippen molar-refractivity contribution in [1.82, 2.24) is 25.1 Å². The highest BCUT2D eigenvalue weighted by atomic mass is 15.4. The highest BCUT2D eigenvalue weighted by molar-refractivity contribution is 5.75. The van der Waals surface area contributed by atoms with E-state index in [9.17, 15) is 0 Å². The van der Waals surface area contributed by atoms with Gasteiger partial charge in [-0.15, -0.1) is 0 Å². The predicted molar refractivity (Wildman–Crippen MR) is 75.3 cm³/mol. The molecule has 2 N–H and O–H groups in total. The van der Waals surface area contributed by atoms with Gasteiger partial charge in [0, 0.05) is 17.8 Å². The summed E-state index contributed by atoms with van der Waals surface area (Å²) in [5.41, 5.74) is 4.29. The molecule has 0 fully saturated rings. The minimum absolute atomic E-state index is 0.765. The molecule has 0 amide bonds. The van der Waals surface area contributed by atoms with Crippen LogP contribution in [0.3, 0.4) is 0 Å². The third-order valence-corrected chi connectivity index (χ3v) is 3.25. The quantitative estimate of drug-likeness (QED) is 0.751. The Labute approximate surface area is 111 Å². The Hall–Kier alpha value is -2.14. The van der Waals surface area contributed by atoms with Crippen molar-refractivity contribution >= 4 is 11.0 Å². The molecule has 0 aliphatic heterocycles. The number of para-hydroxylation sites is 2. The summed E-state index contributed by atoms with van der Waals surface area (Å²) in [7, 11) is 0. The fourth-order valence-corrected chi connectivity index (χ4v) is 2.13. The van der Waals surface area contributed by atoms with Crippen LogP contribution >= 0.6 is 0 Å². The zero-order valence-electron chi connectivity index (χ0n) is 11.1. The van der Waals surface area contributed by atoms with Gasteiger partial charge in [-0.1, -0.05) is 19.1 Å². The molecule has 3 aromatic rings. The van der Waals surface area contributed by atoms with Gasteiger partial charge in [0.25, 0.3) is 0 Å². The summed E-state index contributed by atoms with van der Waals surface area (Å²) in [4.78, 5) is 7.85. The number of fused-ring (bicyclic) bond motifs is 1. The number of nitrogens with one attached hydrogen (secondary N) is 2. The van der Waals surface area contributed by atoms with Crippen molar-refractivity contribution in [3.63, 3.8) is 0 Å². The van der Waals surface area contributed by atoms with Crippen molar-refractivity contribution in [3.8, 4) is 5.95 Å². The van der Waals surface area contributed by atoms with E-state index in [0.29, 0.717) is 0 Å². The second kappa shape index (κ2) is 4.85. The number of H-pyrrole nitrogens is 1. The molecule has 0 aliphatic carbocycles. The van der Waals surface area contributed by atoms with Crippen molar-refractivity contribution in [2.75, 3.05) is 6.54 Å². The molecule has 5 heteroatoms. The van der Waals surface area contributed by atoms with Gasteiger partial charge in [-0.3, -0.25) is 0 Å². The molecule has 0 saturated heterocycles. The number of aromatic amines is 1. The van der Waals surface area contributed by atoms with Crippen LogP contribution in [-0.2, 0) is 6.54 Å². The SMILES string of the molecule is CCNCc1cnn(-c2nc3ccccc3[nH]2)c1C. The second-order valence-corrected chi connectivity index (χ2v) is 4.52. The Morgan fingerprint density at radius 3 is 2.95 bits per heavy atom. The van der Waals surface area contributed by atoms with E-state index in [0.717, 1.165) is 35.8 Å². The van der Waals surface area contributed by atoms with Crippen LogP contribution in [0.15, 0.2) is 30.5 Å². The van der Waals surface area contributed by atoms with Crippen molar-refractivity contribution in [3.05, 3.63) is 41.7 Å². The maximum absolute atomic E-state index is 4.56. The number of rotatable bonds is 4. The van der Waals surface area contributed by atoms with Crippen LogP contribution in [0.25, 0.3) is 17.0 Å². The number of hydrogen-bond acceptors (Lipinski definition) is 3. The van der Waals surface area contributed by atoms with Crippen LogP contribution in [0.1, 0.15) is 18.2 Å². The summed E-state index contributed by atoms with van der Waals surface area (Å²) >= 11 is 0. The predicted octanol–water partition coefficient (Wildman–Crippen LogP) is 2.17. The van der Waals surface area contributed by atoms with Gasteiger partial charge in [0.2, 0.25) is 5.95 Å². The lowest BCUT2D eigenvalue weighted by molar-refractivity contribution is 0.720. The van der Waals surface area contributed by atoms with E-state index in [-0.39, 0.29) is 0 Å². The second-order valence-electron chi connectivity index (χ2n) is 4.52. The van der Waals surface area contributed by atoms with E-state index in [1.54, 1.807) is 0 Å². The highest BCUT2D eigenvalue weighted by Gasteiger charge is 2.10. The van der Waals surface area contributed by atoms with E-state index in [1.165, 1.54) is 5.56 Å². The Kier molecular flexibility index (Phi) is 3.05. The normalized spacial score (nSPS) is 11.3. The summed E-state index contributed by atoms with van der Waals surface area (Å²) in [6.45, 7) is 5.95. The van der Waals surface area contributed by atoms with Crippen molar-refractivity contribution in [2.24, 2.45) is 0 Å². The van der Waals surface area contributed by atoms with Crippen molar-refractivity contribution in [1.29, 1.82) is 0 Å². The molecule has 2 heterocycles. The molecule has 0 bridgehead atoms. The molecular weight excluding hydrogens is 238 g/mol. The zero-order valence-corrected chi connectivity index (χ0v) is 11.1. The zero-order chi connectivity index (χ0) is 13.2. The summed E-state index contributed by atoms with van der Waals surface area (Å²) in [6.07, 6.45) is 1.89. The number of benzene rings is 1. The van der Waals surface area contributed by atoms with Crippen molar-refractivity contribution < 1.29 is 0 Å². The Morgan fingerprint density at radius 2 is 2.16 bits per heavy atom. The summed E-state index contributed by atoms with van der Waals surface area (Å²) in [6, 6.07) is 7.99. The van der Waals surface area contributed by atoms with E-state index in [4.69, 9.17) is 0 Å². The molecule has 0 atom stereocenters. The van der Waals surface area contributed by atoms with Gasteiger partial charge in [-0.2, -0.15) is 5.10 Å². The molecule has 19 heavy (non-hydrogen) atoms. The van der Waals surface area contributed by atoms with Crippen LogP contribution in [0.4, 0.5) is 0 Å². The summed E-state index contributed by atoms with van der Waals surface area (Å²) in [5, 5.41) is 7.73. The fourth-order valence-electron chi connectivity index (χ4n) is 2.13. The lowest BCUT2D eigenvalue weighted by Gasteiger charge is -2.02. The maximum Gasteiger partial charge on any atom is 0.229 e. The first-order valence-electron chi connectivity index (χ1n) is 6.49. The van der Waals surface area contributed by atoms with Crippen LogP contribution in [-0.4, -0.2) is 26.3 Å². The molecule has 0 radical (unpaired) electrons. The van der Waals surface area contributed by atoms with Crippen LogP contribution in [0, 0.1) is 6.92 Å². The van der Waals surface area contributed by atoms with E-state index >= 15 is 0 Å². The van der Waals surface area contributed by atoms with Gasteiger partial charge in [-0.05, 0) is 25.6 Å². The molecule has 98 valence electrons. The molecule has 0 aliphatic rings. The first kappa shape index (κ1) is 11.9. The average Bonchev–Trinajstić information content (AvgIpc) is 2.99. The van der Waals surface area contributed by atoms with Gasteiger partial charge in [0.15, 0.2) is 0 Å². The third-order valence-electron chi connectivity index (χ3n) is 3.25. The number of nitrogens with zero attached hydrogens (tertiary/aromatic N) is 3. The highest BCUT2D eigenvalue weighted by Crippen LogP contribution is 2.16. The molecule has 2 aromatic heterocycles. The number of aromatic nitrogens is 4. The lowest BCUT2D eigenvalue weighted by Crippen LogP contribution is -2.12. The fraction of sp³-hybridized carbons (Fsp3) is 0.286. The van der Waals surface area contributed by atoms with Crippen molar-refractivity contribution in [2.45, 2.75) is 20.4 Å². The average molecular weight is 255 g/mol. The molecular formula is C14H17N5. The van der Waals surface area contributed by atoms with Gasteiger partial charge in [0.1, 0.15) is 0 Å². The lowest BCUT2D eigenvalue weighted by atomic mass is 10.2. The first-order chi connectivity index (χ1) is 9.29. The largest absolute Gasteiger partial charge is 0.322 e. The molecule has 5 nitrogen and oxygen atoms in total. The molecule has 0 saturated carbocycles. The Morgan fingerprint density at radius 1 is 1.32 bits per heavy atom. The van der Waals surface area contributed by atoms with Crippen LogP contribution in [0.5, 0.6) is 0 Å². The Balaban J connectivity index is 1.99. The Bertz CT molecular complexity index is 662. The number of hydrogen-bond donors (Lipinski definition) is 2. The smallest absolute Gasteiger partial charge is 0.229 e. The van der Waals surface area contributed by atoms with Gasteiger partial charge >= 0.3 is 0 Å². The summed E-state index contributed by atoms with van der Waals surface area (Å²) in [5.74, 6) is 0.765.